The molecule has 3 amide bonds. The number of amides is 3. The predicted molar refractivity (Wildman–Crippen MR) is 111 cm³/mol. The molecular weight excluding hydrogens is 372 g/mol. The van der Waals surface area contributed by atoms with Gasteiger partial charge in [0.15, 0.2) is 0 Å². The number of aryl methyl sites for hydroxylation is 2. The van der Waals surface area contributed by atoms with Gasteiger partial charge >= 0.3 is 0 Å². The summed E-state index contributed by atoms with van der Waals surface area (Å²) in [6.07, 6.45) is 1.68. The first-order chi connectivity index (χ1) is 13.4. The van der Waals surface area contributed by atoms with Gasteiger partial charge in [0.1, 0.15) is 0 Å². The van der Waals surface area contributed by atoms with Crippen LogP contribution in [0.15, 0.2) is 42.5 Å². The molecule has 1 aliphatic rings. The second kappa shape index (κ2) is 9.06. The van der Waals surface area contributed by atoms with E-state index in [1.165, 1.54) is 0 Å². The van der Waals surface area contributed by atoms with Gasteiger partial charge in [0.05, 0.1) is 11.7 Å². The molecule has 146 valence electrons. The lowest BCUT2D eigenvalue weighted by Gasteiger charge is -2.10. The second-order valence-electron chi connectivity index (χ2n) is 7.05. The van der Waals surface area contributed by atoms with Crippen molar-refractivity contribution in [3.05, 3.63) is 70.3 Å². The summed E-state index contributed by atoms with van der Waals surface area (Å²) in [5, 5.41) is 4.67. The molecule has 28 heavy (non-hydrogen) atoms. The second-order valence-corrected chi connectivity index (χ2v) is 8.23. The van der Waals surface area contributed by atoms with Crippen LogP contribution in [0.1, 0.15) is 27.8 Å². The lowest BCUT2D eigenvalue weighted by Crippen LogP contribution is -2.27. The first-order valence-electron chi connectivity index (χ1n) is 9.33. The maximum Gasteiger partial charge on any atom is 0.286 e. The van der Waals surface area contributed by atoms with Gasteiger partial charge in [-0.1, -0.05) is 54.2 Å². The molecule has 1 saturated heterocycles. The minimum Gasteiger partial charge on any atom is -0.355 e. The van der Waals surface area contributed by atoms with Crippen LogP contribution in [0.25, 0.3) is 0 Å². The first kappa shape index (κ1) is 20.1. The lowest BCUT2D eigenvalue weighted by molar-refractivity contribution is -0.120. The summed E-state index contributed by atoms with van der Waals surface area (Å²) in [5.74, 6) is -0.186. The van der Waals surface area contributed by atoms with Crippen LogP contribution in [0.2, 0.25) is 0 Å². The Kier molecular flexibility index (Phi) is 6.52. The van der Waals surface area contributed by atoms with Gasteiger partial charge in [-0.15, -0.1) is 0 Å². The Bertz CT molecular complexity index is 873. The van der Waals surface area contributed by atoms with Gasteiger partial charge in [-0.2, -0.15) is 0 Å². The van der Waals surface area contributed by atoms with Crippen molar-refractivity contribution in [3.63, 3.8) is 0 Å². The molecule has 1 aliphatic heterocycles. The Labute approximate surface area is 169 Å². The van der Waals surface area contributed by atoms with Gasteiger partial charge in [-0.3, -0.25) is 19.7 Å². The number of thioether (sulfide) groups is 1. The fourth-order valence-corrected chi connectivity index (χ4v) is 4.14. The maximum absolute atomic E-state index is 12.2. The largest absolute Gasteiger partial charge is 0.355 e. The molecule has 1 fully saturated rings. The average Bonchev–Trinajstić information content (AvgIpc) is 2.97. The molecule has 1 heterocycles. The zero-order valence-corrected chi connectivity index (χ0v) is 16.9. The van der Waals surface area contributed by atoms with Gasteiger partial charge in [0.2, 0.25) is 11.8 Å². The summed E-state index contributed by atoms with van der Waals surface area (Å²) < 4.78 is 0. The van der Waals surface area contributed by atoms with Crippen LogP contribution >= 0.6 is 11.8 Å². The third-order valence-corrected chi connectivity index (χ3v) is 5.91. The van der Waals surface area contributed by atoms with Crippen molar-refractivity contribution in [1.29, 1.82) is 0 Å². The van der Waals surface area contributed by atoms with Crippen LogP contribution in [0.4, 0.5) is 4.79 Å². The van der Waals surface area contributed by atoms with E-state index in [2.05, 4.69) is 10.6 Å². The number of carbonyl (C=O) groups is 3. The predicted octanol–water partition coefficient (Wildman–Crippen LogP) is 3.10. The van der Waals surface area contributed by atoms with Gasteiger partial charge in [-0.05, 0) is 54.5 Å². The summed E-state index contributed by atoms with van der Waals surface area (Å²) in [4.78, 5) is 35.1. The molecule has 5 nitrogen and oxygen atoms in total. The van der Waals surface area contributed by atoms with E-state index in [1.54, 1.807) is 0 Å². The Morgan fingerprint density at radius 3 is 2.29 bits per heavy atom. The molecule has 0 bridgehead atoms. The van der Waals surface area contributed by atoms with Gasteiger partial charge in [-0.25, -0.2) is 0 Å². The lowest BCUT2D eigenvalue weighted by atomic mass is 10.00. The van der Waals surface area contributed by atoms with Crippen molar-refractivity contribution in [1.82, 2.24) is 10.6 Å². The highest BCUT2D eigenvalue weighted by molar-refractivity contribution is 8.15. The Hall–Kier alpha value is -2.60. The molecule has 0 spiro atoms. The summed E-state index contributed by atoms with van der Waals surface area (Å²) >= 11 is 1.05. The van der Waals surface area contributed by atoms with E-state index in [9.17, 15) is 14.4 Å². The van der Waals surface area contributed by atoms with Crippen molar-refractivity contribution in [2.24, 2.45) is 0 Å². The minimum absolute atomic E-state index is 0.0305. The molecule has 0 aliphatic carbocycles. The number of rotatable bonds is 7. The van der Waals surface area contributed by atoms with Crippen molar-refractivity contribution in [2.75, 3.05) is 6.54 Å². The highest BCUT2D eigenvalue weighted by atomic mass is 32.2. The van der Waals surface area contributed by atoms with Crippen LogP contribution in [0.5, 0.6) is 0 Å². The highest BCUT2D eigenvalue weighted by Gasteiger charge is 2.31. The van der Waals surface area contributed by atoms with E-state index in [-0.39, 0.29) is 22.3 Å². The Morgan fingerprint density at radius 1 is 1.04 bits per heavy atom. The fraction of sp³-hybridized carbons (Fsp3) is 0.318. The molecule has 6 heteroatoms. The summed E-state index contributed by atoms with van der Waals surface area (Å²) in [6, 6.07) is 14.0. The van der Waals surface area contributed by atoms with Crippen molar-refractivity contribution < 1.29 is 14.4 Å². The molecule has 2 N–H and O–H groups in total. The first-order valence-corrected chi connectivity index (χ1v) is 10.2. The van der Waals surface area contributed by atoms with Crippen LogP contribution in [-0.2, 0) is 28.9 Å². The zero-order valence-electron chi connectivity index (χ0n) is 16.1. The fourth-order valence-electron chi connectivity index (χ4n) is 3.28. The number of hydrogen-bond acceptors (Lipinski definition) is 4. The molecule has 2 aromatic rings. The standard InChI is InChI=1S/C22H24N2O3S/c1-14-4-3-5-15(2)18(14)13-20(25)23-11-10-16-6-8-17(9-7-16)12-19-21(26)24-22(27)28-19/h3-9,19H,10-13H2,1-2H3,(H,23,25)(H,24,26,27). The monoisotopic (exact) mass is 396 g/mol. The van der Waals surface area contributed by atoms with Crippen LogP contribution in [-0.4, -0.2) is 28.8 Å². The molecule has 2 aromatic carbocycles. The van der Waals surface area contributed by atoms with Crippen molar-refractivity contribution in [2.45, 2.75) is 38.4 Å². The number of hydrogen-bond donors (Lipinski definition) is 2. The van der Waals surface area contributed by atoms with Crippen molar-refractivity contribution in [3.8, 4) is 0 Å². The third kappa shape index (κ3) is 5.23. The van der Waals surface area contributed by atoms with E-state index in [0.717, 1.165) is 46.0 Å². The van der Waals surface area contributed by atoms with E-state index < -0.39 is 0 Å². The molecule has 1 unspecified atom stereocenters. The molecule has 0 radical (unpaired) electrons. The van der Waals surface area contributed by atoms with Crippen LogP contribution < -0.4 is 10.6 Å². The Morgan fingerprint density at radius 2 is 1.68 bits per heavy atom. The van der Waals surface area contributed by atoms with Gasteiger partial charge in [0, 0.05) is 6.54 Å². The summed E-state index contributed by atoms with van der Waals surface area (Å²) in [6.45, 7) is 4.64. The topological polar surface area (TPSA) is 75.3 Å². The summed E-state index contributed by atoms with van der Waals surface area (Å²) in [5.41, 5.74) is 5.51. The molecule has 3 rings (SSSR count). The van der Waals surface area contributed by atoms with Crippen molar-refractivity contribution >= 4 is 28.8 Å². The number of carbonyl (C=O) groups excluding carboxylic acids is 3. The maximum atomic E-state index is 12.2. The Balaban J connectivity index is 1.45. The zero-order chi connectivity index (χ0) is 20.1. The highest BCUT2D eigenvalue weighted by Crippen LogP contribution is 2.23. The number of imide groups is 1. The molecular formula is C22H24N2O3S. The van der Waals surface area contributed by atoms with Gasteiger partial charge < -0.3 is 5.32 Å². The SMILES string of the molecule is Cc1cccc(C)c1CC(=O)NCCc1ccc(CC2SC(=O)NC2=O)cc1. The van der Waals surface area contributed by atoms with Crippen LogP contribution in [0.3, 0.4) is 0 Å². The smallest absolute Gasteiger partial charge is 0.286 e. The number of nitrogens with one attached hydrogen (secondary N) is 2. The minimum atomic E-state index is -0.345. The third-order valence-electron chi connectivity index (χ3n) is 4.93. The van der Waals surface area contributed by atoms with E-state index in [1.807, 2.05) is 56.3 Å². The number of benzene rings is 2. The average molecular weight is 397 g/mol. The molecule has 0 saturated carbocycles. The quantitative estimate of drug-likeness (QED) is 0.754. The normalized spacial score (nSPS) is 16.1. The van der Waals surface area contributed by atoms with Crippen LogP contribution in [0, 0.1) is 13.8 Å². The summed E-state index contributed by atoms with van der Waals surface area (Å²) in [7, 11) is 0. The van der Waals surface area contributed by atoms with E-state index in [0.29, 0.717) is 19.4 Å². The molecule has 1 atom stereocenters. The molecule has 0 aromatic heterocycles. The van der Waals surface area contributed by atoms with E-state index in [4.69, 9.17) is 0 Å². The van der Waals surface area contributed by atoms with E-state index >= 15 is 0 Å². The van der Waals surface area contributed by atoms with Gasteiger partial charge in [0.25, 0.3) is 5.24 Å².